The number of para-hydroxylation sites is 1. The van der Waals surface area contributed by atoms with E-state index in [1.807, 2.05) is 62.4 Å². The van der Waals surface area contributed by atoms with Gasteiger partial charge in [0.15, 0.2) is 0 Å². The fraction of sp³-hybridized carbons (Fsp3) is 0.125. The number of nitrogens with zero attached hydrogens (tertiary/aromatic N) is 1. The van der Waals surface area contributed by atoms with Crippen LogP contribution in [0.4, 0.5) is 10.5 Å². The van der Waals surface area contributed by atoms with Gasteiger partial charge in [-0.05, 0) is 30.5 Å². The van der Waals surface area contributed by atoms with Crippen molar-refractivity contribution in [2.75, 3.05) is 5.32 Å². The van der Waals surface area contributed by atoms with Crippen LogP contribution in [0.5, 0.6) is 0 Å². The van der Waals surface area contributed by atoms with E-state index in [1.54, 1.807) is 6.21 Å². The van der Waals surface area contributed by atoms with E-state index in [4.69, 9.17) is 0 Å². The lowest BCUT2D eigenvalue weighted by Gasteiger charge is -2.10. The number of benzene rings is 2. The number of hydrazone groups is 1. The Balaban J connectivity index is 1.95. The summed E-state index contributed by atoms with van der Waals surface area (Å²) in [7, 11) is 0. The van der Waals surface area contributed by atoms with E-state index in [0.29, 0.717) is 0 Å². The summed E-state index contributed by atoms with van der Waals surface area (Å²) in [4.78, 5) is 11.8. The molecule has 2 N–H and O–H groups in total. The van der Waals surface area contributed by atoms with Gasteiger partial charge in [-0.1, -0.05) is 48.5 Å². The molecular weight excluding hydrogens is 250 g/mol. The summed E-state index contributed by atoms with van der Waals surface area (Å²) in [6, 6.07) is 15.1. The second kappa shape index (κ2) is 6.52. The van der Waals surface area contributed by atoms with Crippen LogP contribution >= 0.6 is 0 Å². The highest BCUT2D eigenvalue weighted by Crippen LogP contribution is 2.18. The molecule has 0 aliphatic heterocycles. The van der Waals surface area contributed by atoms with Crippen molar-refractivity contribution in [3.8, 4) is 0 Å². The summed E-state index contributed by atoms with van der Waals surface area (Å²) < 4.78 is 0. The molecule has 0 fully saturated rings. The number of carbonyl (C=O) groups is 1. The number of anilines is 1. The van der Waals surface area contributed by atoms with E-state index in [2.05, 4.69) is 15.8 Å². The van der Waals surface area contributed by atoms with Gasteiger partial charge < -0.3 is 5.32 Å². The molecule has 0 aliphatic rings. The smallest absolute Gasteiger partial charge is 0.306 e. The van der Waals surface area contributed by atoms with E-state index < -0.39 is 0 Å². The molecule has 0 saturated carbocycles. The van der Waals surface area contributed by atoms with Gasteiger partial charge in [0.2, 0.25) is 0 Å². The number of rotatable bonds is 3. The Morgan fingerprint density at radius 3 is 2.30 bits per heavy atom. The predicted molar refractivity (Wildman–Crippen MR) is 82.1 cm³/mol. The Morgan fingerprint density at radius 2 is 1.65 bits per heavy atom. The Hall–Kier alpha value is -2.62. The van der Waals surface area contributed by atoms with Crippen LogP contribution in [0.3, 0.4) is 0 Å². The van der Waals surface area contributed by atoms with Crippen molar-refractivity contribution >= 4 is 17.9 Å². The van der Waals surface area contributed by atoms with E-state index in [1.165, 1.54) is 0 Å². The first-order valence-corrected chi connectivity index (χ1v) is 6.38. The molecule has 0 heterocycles. The van der Waals surface area contributed by atoms with Crippen LogP contribution in [0.2, 0.25) is 0 Å². The van der Waals surface area contributed by atoms with E-state index in [0.717, 1.165) is 22.4 Å². The Kier molecular flexibility index (Phi) is 4.50. The lowest BCUT2D eigenvalue weighted by molar-refractivity contribution is 0.252. The summed E-state index contributed by atoms with van der Waals surface area (Å²) in [6.07, 6.45) is 1.60. The second-order valence-electron chi connectivity index (χ2n) is 4.50. The van der Waals surface area contributed by atoms with Gasteiger partial charge in [-0.15, -0.1) is 0 Å². The Labute approximate surface area is 118 Å². The minimum absolute atomic E-state index is 0.352. The van der Waals surface area contributed by atoms with Crippen LogP contribution in [-0.2, 0) is 0 Å². The highest BCUT2D eigenvalue weighted by molar-refractivity contribution is 5.91. The molecule has 2 aromatic rings. The predicted octanol–water partition coefficient (Wildman–Crippen LogP) is 3.46. The van der Waals surface area contributed by atoms with Crippen molar-refractivity contribution in [3.05, 3.63) is 65.2 Å². The lowest BCUT2D eigenvalue weighted by Crippen LogP contribution is -2.25. The zero-order valence-corrected chi connectivity index (χ0v) is 11.6. The molecule has 4 heteroatoms. The number of hydrogen-bond acceptors (Lipinski definition) is 2. The normalized spacial score (nSPS) is 10.5. The number of aryl methyl sites for hydroxylation is 2. The molecule has 0 atom stereocenters. The highest BCUT2D eigenvalue weighted by Gasteiger charge is 2.05. The van der Waals surface area contributed by atoms with Crippen LogP contribution in [0.1, 0.15) is 16.7 Å². The summed E-state index contributed by atoms with van der Waals surface area (Å²) in [5, 5.41) is 6.71. The first kappa shape index (κ1) is 13.8. The minimum atomic E-state index is -0.352. The first-order valence-electron chi connectivity index (χ1n) is 6.38. The first-order chi connectivity index (χ1) is 9.66. The van der Waals surface area contributed by atoms with Crippen LogP contribution in [0, 0.1) is 13.8 Å². The maximum Gasteiger partial charge on any atom is 0.339 e. The van der Waals surface area contributed by atoms with Crippen molar-refractivity contribution in [3.63, 3.8) is 0 Å². The number of nitrogens with one attached hydrogen (secondary N) is 2. The summed E-state index contributed by atoms with van der Waals surface area (Å²) in [5.41, 5.74) is 6.24. The number of amides is 2. The fourth-order valence-corrected chi connectivity index (χ4v) is 1.86. The molecule has 0 aromatic heterocycles. The average Bonchev–Trinajstić information content (AvgIpc) is 2.44. The van der Waals surface area contributed by atoms with Crippen molar-refractivity contribution in [2.45, 2.75) is 13.8 Å². The van der Waals surface area contributed by atoms with Crippen LogP contribution in [0.15, 0.2) is 53.6 Å². The number of urea groups is 1. The van der Waals surface area contributed by atoms with Crippen LogP contribution in [-0.4, -0.2) is 12.2 Å². The molecule has 0 saturated heterocycles. The van der Waals surface area contributed by atoms with Gasteiger partial charge in [-0.25, -0.2) is 10.2 Å². The second-order valence-corrected chi connectivity index (χ2v) is 4.50. The van der Waals surface area contributed by atoms with Crippen molar-refractivity contribution in [2.24, 2.45) is 5.10 Å². The molecule has 2 rings (SSSR count). The monoisotopic (exact) mass is 267 g/mol. The topological polar surface area (TPSA) is 53.5 Å². The third-order valence-corrected chi connectivity index (χ3v) is 2.90. The zero-order chi connectivity index (χ0) is 14.4. The molecule has 0 spiro atoms. The summed E-state index contributed by atoms with van der Waals surface area (Å²) in [6.45, 7) is 3.91. The molecule has 2 amide bonds. The van der Waals surface area contributed by atoms with E-state index >= 15 is 0 Å². The molecule has 0 bridgehead atoms. The van der Waals surface area contributed by atoms with Crippen LogP contribution in [0.25, 0.3) is 0 Å². The quantitative estimate of drug-likeness (QED) is 0.649. The van der Waals surface area contributed by atoms with Gasteiger partial charge in [0, 0.05) is 5.69 Å². The number of hydrogen-bond donors (Lipinski definition) is 2. The number of carbonyl (C=O) groups excluding carboxylic acids is 1. The Morgan fingerprint density at radius 1 is 1.00 bits per heavy atom. The van der Waals surface area contributed by atoms with E-state index in [-0.39, 0.29) is 6.03 Å². The van der Waals surface area contributed by atoms with Gasteiger partial charge in [-0.2, -0.15) is 5.10 Å². The maximum absolute atomic E-state index is 11.8. The molecule has 20 heavy (non-hydrogen) atoms. The average molecular weight is 267 g/mol. The zero-order valence-electron chi connectivity index (χ0n) is 11.6. The fourth-order valence-electron chi connectivity index (χ4n) is 1.86. The third kappa shape index (κ3) is 3.68. The van der Waals surface area contributed by atoms with Crippen molar-refractivity contribution < 1.29 is 4.79 Å². The molecule has 0 aliphatic carbocycles. The molecular formula is C16H17N3O. The van der Waals surface area contributed by atoms with E-state index in [9.17, 15) is 4.79 Å². The Bertz CT molecular complexity index is 601. The standard InChI is InChI=1S/C16H17N3O/c1-12-7-6-8-13(2)15(12)18-16(20)19-17-11-14-9-4-3-5-10-14/h3-11H,1-2H3,(H2,18,19,20)/b17-11+. The molecule has 4 nitrogen and oxygen atoms in total. The van der Waals surface area contributed by atoms with Crippen molar-refractivity contribution in [1.29, 1.82) is 0 Å². The van der Waals surface area contributed by atoms with Gasteiger partial charge in [0.25, 0.3) is 0 Å². The molecule has 0 radical (unpaired) electrons. The minimum Gasteiger partial charge on any atom is -0.306 e. The summed E-state index contributed by atoms with van der Waals surface area (Å²) >= 11 is 0. The van der Waals surface area contributed by atoms with Crippen molar-refractivity contribution in [1.82, 2.24) is 5.43 Å². The van der Waals surface area contributed by atoms with Gasteiger partial charge in [0.1, 0.15) is 0 Å². The highest BCUT2D eigenvalue weighted by atomic mass is 16.2. The van der Waals surface area contributed by atoms with Gasteiger partial charge >= 0.3 is 6.03 Å². The third-order valence-electron chi connectivity index (χ3n) is 2.90. The largest absolute Gasteiger partial charge is 0.339 e. The summed E-state index contributed by atoms with van der Waals surface area (Å²) in [5.74, 6) is 0. The van der Waals surface area contributed by atoms with Crippen LogP contribution < -0.4 is 10.7 Å². The SMILES string of the molecule is Cc1cccc(C)c1NC(=O)N/N=C/c1ccccc1. The maximum atomic E-state index is 11.8. The van der Waals surface area contributed by atoms with Gasteiger partial charge in [-0.3, -0.25) is 0 Å². The molecule has 102 valence electrons. The van der Waals surface area contributed by atoms with Gasteiger partial charge in [0.05, 0.1) is 6.21 Å². The molecule has 2 aromatic carbocycles. The molecule has 0 unspecified atom stereocenters. The lowest BCUT2D eigenvalue weighted by atomic mass is 10.1.